The number of nitrogens with one attached hydrogen (secondary N) is 12. The van der Waals surface area contributed by atoms with Gasteiger partial charge in [0.1, 0.15) is 0 Å². The Bertz CT molecular complexity index is 3760. The Morgan fingerprint density at radius 2 is 0.381 bits per heavy atom. The molecule has 6 aromatic carbocycles. The number of nitriles is 2. The van der Waals surface area contributed by atoms with E-state index in [1.54, 1.807) is 84.9 Å². The van der Waals surface area contributed by atoms with Crippen molar-refractivity contribution in [2.75, 3.05) is 163 Å². The van der Waals surface area contributed by atoms with Gasteiger partial charge < -0.3 is 82.2 Å². The number of anilines is 6. The van der Waals surface area contributed by atoms with Crippen LogP contribution >= 0.6 is 73.3 Å². The second-order valence-corrected chi connectivity index (χ2v) is 33.0. The number of thiocarbonyl (C=S) groups is 6. The third kappa shape index (κ3) is 57.9. The Labute approximate surface area is 820 Å². The summed E-state index contributed by atoms with van der Waals surface area (Å²) in [4.78, 5) is 66.6. The van der Waals surface area contributed by atoms with Crippen molar-refractivity contribution in [1.82, 2.24) is 41.7 Å². The van der Waals surface area contributed by atoms with Crippen LogP contribution in [-0.4, -0.2) is 210 Å². The maximum absolute atomic E-state index is 10.9. The lowest BCUT2D eigenvalue weighted by atomic mass is 10.1. The molecule has 0 bridgehead atoms. The number of hydrogen-bond acceptors (Lipinski definition) is 22. The SMILES string of the molecule is CC#N.CC#N.CCCC[N+](CCCC)(CCCC)CCCC.CCCC[N+](CCCC)(CCCC)CCCC.O=[N+]([O-])c1ccc(NC(=S)NCCN(CCNC(=S)Nc2ccc([N+](=O)[O-])cc2)CCNC(=S)Nc2ccc([N+](=O)[O-])cc2)cc1.O=[N+]([O-])c1ccc(NC(=S)NCCN(CCNC(=S)Nc2ccc([N+](=O)[O-])cc2)CCNC(=S)Nc2ccc([N+](=O)[O-])cc2)cc1.[F-].[F-]. The summed E-state index contributed by atoms with van der Waals surface area (Å²) in [6.07, 6.45) is 22.1. The van der Waals surface area contributed by atoms with Gasteiger partial charge in [-0.1, -0.05) is 107 Å². The van der Waals surface area contributed by atoms with Crippen molar-refractivity contribution >= 4 is 172 Å². The van der Waals surface area contributed by atoms with Gasteiger partial charge in [-0.25, -0.2) is 0 Å². The quantitative estimate of drug-likeness (QED) is 0.00730. The van der Waals surface area contributed by atoms with Crippen molar-refractivity contribution in [3.8, 4) is 12.1 Å². The molecule has 44 heteroatoms. The third-order valence-corrected chi connectivity index (χ3v) is 21.7. The fourth-order valence-electron chi connectivity index (χ4n) is 13.0. The summed E-state index contributed by atoms with van der Waals surface area (Å²) in [7, 11) is 0. The molecule has 0 heterocycles. The average Bonchev–Trinajstić information content (AvgIpc) is 0.856. The van der Waals surface area contributed by atoms with Crippen molar-refractivity contribution in [3.63, 3.8) is 0 Å². The first-order valence-corrected chi connectivity index (χ1v) is 47.3. The number of nitro groups is 6. The molecule has 0 aliphatic carbocycles. The Balaban J connectivity index is 0. The van der Waals surface area contributed by atoms with E-state index in [2.05, 4.69) is 129 Å². The van der Waals surface area contributed by atoms with Gasteiger partial charge in [0.2, 0.25) is 0 Å². The molecule has 0 aliphatic heterocycles. The van der Waals surface area contributed by atoms with Crippen LogP contribution in [0.4, 0.5) is 68.2 Å². The van der Waals surface area contributed by atoms with Crippen molar-refractivity contribution in [3.05, 3.63) is 206 Å². The van der Waals surface area contributed by atoms with Crippen molar-refractivity contribution in [1.29, 1.82) is 10.5 Å². The summed E-state index contributed by atoms with van der Waals surface area (Å²) < 4.78 is 2.84. The van der Waals surface area contributed by atoms with Gasteiger partial charge in [0.05, 0.1) is 94.0 Å². The van der Waals surface area contributed by atoms with Gasteiger partial charge in [-0.05, 0) is 197 Å². The molecule has 6 rings (SSSR count). The predicted octanol–water partition coefficient (Wildman–Crippen LogP) is 13.0. The summed E-state index contributed by atoms with van der Waals surface area (Å²) in [5.41, 5.74) is 3.52. The van der Waals surface area contributed by atoms with Crippen LogP contribution in [0.5, 0.6) is 0 Å². The van der Waals surface area contributed by atoms with Gasteiger partial charge in [0.15, 0.2) is 30.7 Å². The molecular formula is C90H138F2N24O12S6. The Morgan fingerprint density at radius 1 is 0.269 bits per heavy atom. The summed E-state index contributed by atoms with van der Waals surface area (Å²) in [6.45, 7) is 39.3. The first kappa shape index (κ1) is 125. The highest BCUT2D eigenvalue weighted by Gasteiger charge is 2.27. The number of hydrogen-bond donors (Lipinski definition) is 12. The molecule has 134 heavy (non-hydrogen) atoms. The average molecular weight is 1980 g/mol. The van der Waals surface area contributed by atoms with Crippen molar-refractivity contribution < 1.29 is 47.9 Å². The molecule has 0 saturated carbocycles. The van der Waals surface area contributed by atoms with E-state index >= 15 is 0 Å². The van der Waals surface area contributed by atoms with Gasteiger partial charge >= 0.3 is 0 Å². The monoisotopic (exact) mass is 1980 g/mol. The highest BCUT2D eigenvalue weighted by Crippen LogP contribution is 2.23. The number of nitro benzene ring substituents is 6. The summed E-state index contributed by atoms with van der Waals surface area (Å²) in [6, 6.07) is 38.9. The van der Waals surface area contributed by atoms with Gasteiger partial charge in [0.25, 0.3) is 34.1 Å². The normalized spacial score (nSPS) is 10.3. The summed E-state index contributed by atoms with van der Waals surface area (Å²) in [5, 5.41) is 119. The van der Waals surface area contributed by atoms with Gasteiger partial charge in [0, 0.05) is 199 Å². The minimum absolute atomic E-state index is 0. The molecule has 0 saturated heterocycles. The molecule has 0 amide bonds. The fraction of sp³-hybridized carbons (Fsp3) is 0.511. The molecule has 0 fully saturated rings. The van der Waals surface area contributed by atoms with Crippen LogP contribution in [0.3, 0.4) is 0 Å². The van der Waals surface area contributed by atoms with Crippen molar-refractivity contribution in [2.45, 2.75) is 172 Å². The standard InChI is InChI=1S/2C27H30N10O6S3.2C16H36N.2C2H3N.2FH/c2*38-35(39)22-7-1-19(2-8-22)31-25(44)28-13-16-34(17-14-29-26(45)32-20-3-9-23(10-4-20)36(40)41)18-15-30-27(46)33-21-5-11-24(12-6-21)37(42)43;2*1-5-9-13-17(14-10-6-2,15-11-7-3)16-12-8-4;2*1-2-3;;/h2*1-12H,13-18H2,(H2,28,31,44)(H2,29,32,45)(H2,30,33,46);2*5-16H2,1-4H3;2*1H3;2*1H/q;;2*+1;;;;/p-2. The molecule has 12 N–H and O–H groups in total. The van der Waals surface area contributed by atoms with E-state index < -0.39 is 29.5 Å². The zero-order chi connectivity index (χ0) is 98.3. The van der Waals surface area contributed by atoms with E-state index in [1.807, 2.05) is 0 Å². The molecule has 0 atom stereocenters. The van der Waals surface area contributed by atoms with E-state index in [0.717, 1.165) is 0 Å². The van der Waals surface area contributed by atoms with E-state index in [0.29, 0.717) is 143 Å². The number of halogens is 2. The smallest absolute Gasteiger partial charge is 0.269 e. The minimum atomic E-state index is -0.477. The lowest BCUT2D eigenvalue weighted by Gasteiger charge is -2.39. The maximum atomic E-state index is 10.9. The highest BCUT2D eigenvalue weighted by molar-refractivity contribution is 7.81. The first-order valence-electron chi connectivity index (χ1n) is 44.8. The van der Waals surface area contributed by atoms with Crippen LogP contribution in [-0.2, 0) is 0 Å². The molecule has 6 aromatic rings. The number of unbranched alkanes of at least 4 members (excludes halogenated alkanes) is 8. The van der Waals surface area contributed by atoms with Crippen LogP contribution in [0, 0.1) is 83.3 Å². The van der Waals surface area contributed by atoms with E-state index in [4.69, 9.17) is 83.8 Å². The number of nitrogens with zero attached hydrogens (tertiary/aromatic N) is 12. The Hall–Kier alpha value is -11.5. The van der Waals surface area contributed by atoms with Gasteiger partial charge in [-0.15, -0.1) is 0 Å². The minimum Gasteiger partial charge on any atom is -1.00 e. The second kappa shape index (κ2) is 75.9. The topological polar surface area (TPSA) is 457 Å². The molecule has 0 aromatic heterocycles. The predicted molar refractivity (Wildman–Crippen MR) is 558 cm³/mol. The van der Waals surface area contributed by atoms with Gasteiger partial charge in [-0.2, -0.15) is 10.5 Å². The number of non-ortho nitro benzene ring substituents is 6. The van der Waals surface area contributed by atoms with Crippen LogP contribution in [0.1, 0.15) is 172 Å². The Kier molecular flexibility index (Phi) is 70.6. The van der Waals surface area contributed by atoms with Crippen molar-refractivity contribution in [2.24, 2.45) is 0 Å². The number of rotatable bonds is 54. The summed E-state index contributed by atoms with van der Waals surface area (Å²) >= 11 is 32.2. The highest BCUT2D eigenvalue weighted by atomic mass is 32.1. The van der Waals surface area contributed by atoms with E-state index in [-0.39, 0.29) is 43.5 Å². The summed E-state index contributed by atoms with van der Waals surface area (Å²) in [5.74, 6) is 0. The van der Waals surface area contributed by atoms with Crippen LogP contribution in [0.25, 0.3) is 0 Å². The lowest BCUT2D eigenvalue weighted by Crippen LogP contribution is -3.00. The lowest BCUT2D eigenvalue weighted by molar-refractivity contribution is -0.929. The fourth-order valence-corrected chi connectivity index (χ4v) is 14.3. The second-order valence-electron chi connectivity index (χ2n) is 30.5. The van der Waals surface area contributed by atoms with Crippen LogP contribution < -0.4 is 73.2 Å². The zero-order valence-electron chi connectivity index (χ0n) is 78.8. The molecule has 0 unspecified atom stereocenters. The molecule has 740 valence electrons. The number of benzene rings is 6. The van der Waals surface area contributed by atoms with Crippen LogP contribution in [0.2, 0.25) is 0 Å². The molecular weight excluding hydrogens is 1840 g/mol. The first-order chi connectivity index (χ1) is 63.3. The third-order valence-electron chi connectivity index (χ3n) is 20.2. The largest absolute Gasteiger partial charge is 1.00 e. The molecule has 0 aliphatic rings. The van der Waals surface area contributed by atoms with E-state index in [1.165, 1.54) is 251 Å². The maximum Gasteiger partial charge on any atom is 0.269 e. The van der Waals surface area contributed by atoms with E-state index in [9.17, 15) is 60.7 Å². The van der Waals surface area contributed by atoms with Crippen LogP contribution in [0.15, 0.2) is 146 Å². The molecule has 0 spiro atoms. The Morgan fingerprint density at radius 3 is 0.478 bits per heavy atom. The zero-order valence-corrected chi connectivity index (χ0v) is 83.7. The van der Waals surface area contributed by atoms with Gasteiger partial charge in [-0.3, -0.25) is 70.5 Å². The molecule has 36 nitrogen and oxygen atoms in total. The molecule has 0 radical (unpaired) electrons. The number of quaternary nitrogens is 2.